The first-order valence-corrected chi connectivity index (χ1v) is 38.4. The Hall–Kier alpha value is -14.8. The Kier molecular flexibility index (Phi) is 18.4. The predicted molar refractivity (Wildman–Crippen MR) is 474 cm³/mol. The van der Waals surface area contributed by atoms with Gasteiger partial charge in [-0.25, -0.2) is 0 Å². The third kappa shape index (κ3) is 13.3. The summed E-state index contributed by atoms with van der Waals surface area (Å²) in [7, 11) is 0. The van der Waals surface area contributed by atoms with Crippen molar-refractivity contribution in [1.82, 2.24) is 9.13 Å². The lowest BCUT2D eigenvalue weighted by Crippen LogP contribution is -2.12. The zero-order valence-electron chi connectivity index (χ0n) is 61.7. The molecule has 0 amide bonds. The molecule has 0 spiro atoms. The lowest BCUT2D eigenvalue weighted by Gasteiger charge is -2.30. The Balaban J connectivity index is 0.000000151. The Morgan fingerprint density at radius 1 is 0.143 bits per heavy atom. The minimum atomic E-state index is 1.09. The van der Waals surface area contributed by atoms with Gasteiger partial charge in [-0.05, 0) is 175 Å². The van der Waals surface area contributed by atoms with Crippen molar-refractivity contribution in [1.29, 1.82) is 0 Å². The number of nitrogens with zero attached hydrogens (tertiary/aromatic N) is 4. The maximum Gasteiger partial charge on any atom is 0.0541 e. The summed E-state index contributed by atoms with van der Waals surface area (Å²) in [6.07, 6.45) is 0. The van der Waals surface area contributed by atoms with Crippen molar-refractivity contribution < 1.29 is 0 Å². The molecule has 2 heterocycles. The molecule has 0 bridgehead atoms. The molecule has 112 heavy (non-hydrogen) atoms. The van der Waals surface area contributed by atoms with Crippen LogP contribution in [0.15, 0.2) is 461 Å². The van der Waals surface area contributed by atoms with Gasteiger partial charge in [0.1, 0.15) is 0 Å². The molecule has 0 aliphatic carbocycles. The highest BCUT2D eigenvalue weighted by Gasteiger charge is 2.23. The summed E-state index contributed by atoms with van der Waals surface area (Å²) in [5.74, 6) is 0. The van der Waals surface area contributed by atoms with Gasteiger partial charge in [0.25, 0.3) is 0 Å². The molecule has 20 aromatic rings. The van der Waals surface area contributed by atoms with Crippen molar-refractivity contribution in [3.63, 3.8) is 0 Å². The average Bonchev–Trinajstić information content (AvgIpc) is 1.36. The molecule has 0 aliphatic heterocycles. The Morgan fingerprint density at radius 3 is 0.759 bits per heavy atom. The molecule has 0 N–H and O–H groups in total. The van der Waals surface area contributed by atoms with Gasteiger partial charge in [-0.2, -0.15) is 0 Å². The molecular weight excluding hydrogens is 1350 g/mol. The van der Waals surface area contributed by atoms with E-state index >= 15 is 0 Å². The monoisotopic (exact) mass is 1430 g/mol. The largest absolute Gasteiger partial charge is 0.310 e. The van der Waals surface area contributed by atoms with E-state index < -0.39 is 0 Å². The average molecular weight is 1430 g/mol. The van der Waals surface area contributed by atoms with Crippen molar-refractivity contribution >= 4 is 77.7 Å². The van der Waals surface area contributed by atoms with Crippen LogP contribution < -0.4 is 9.80 Å². The van der Waals surface area contributed by atoms with Crippen LogP contribution in [-0.4, -0.2) is 9.13 Å². The summed E-state index contributed by atoms with van der Waals surface area (Å²) in [5, 5.41) is 5.06. The molecule has 20 rings (SSSR count). The second kappa shape index (κ2) is 30.4. The summed E-state index contributed by atoms with van der Waals surface area (Å²) >= 11 is 0. The fraction of sp³-hybridized carbons (Fsp3) is 0. The minimum absolute atomic E-state index is 1.09. The lowest BCUT2D eigenvalue weighted by atomic mass is 9.97. The fourth-order valence-electron chi connectivity index (χ4n) is 16.2. The van der Waals surface area contributed by atoms with Gasteiger partial charge in [-0.15, -0.1) is 0 Å². The zero-order chi connectivity index (χ0) is 74.5. The second-order valence-electron chi connectivity index (χ2n) is 28.3. The highest BCUT2D eigenvalue weighted by atomic mass is 15.2. The standard InChI is InChI=1S/2C54H38N2/c1-3-16-39(17-4-1)40-30-32-43(33-31-40)48-23-8-12-27-52(48)55(51-26-11-7-22-47(51)42-18-5-2-6-19-42)45-36-34-41(35-37-45)44-20-15-21-46(38-44)56-53-28-13-9-24-49(53)50-25-10-14-29-54(50)56;1-3-15-39(16-4-1)40-29-31-41(32-30-40)44-19-13-21-47(37-44)55(52-26-10-7-23-49(52)43-17-5-2-6-18-43)46-35-33-42(34-36-46)45-20-14-22-48(38-45)56-53-27-11-8-24-50(53)51-25-9-12-28-54(51)56/h2*1-38H. The van der Waals surface area contributed by atoms with Crippen LogP contribution in [0.2, 0.25) is 0 Å². The molecule has 0 aliphatic rings. The van der Waals surface area contributed by atoms with Crippen LogP contribution in [0.5, 0.6) is 0 Å². The number of hydrogen-bond acceptors (Lipinski definition) is 2. The molecule has 0 unspecified atom stereocenters. The number of benzene rings is 18. The van der Waals surface area contributed by atoms with Crippen LogP contribution in [0.1, 0.15) is 0 Å². The molecule has 0 atom stereocenters. The summed E-state index contributed by atoms with van der Waals surface area (Å²) in [5.41, 5.74) is 32.7. The van der Waals surface area contributed by atoms with Crippen LogP contribution in [0.3, 0.4) is 0 Å². The van der Waals surface area contributed by atoms with E-state index in [1.165, 1.54) is 122 Å². The van der Waals surface area contributed by atoms with Gasteiger partial charge in [0.2, 0.25) is 0 Å². The number of rotatable bonds is 16. The molecule has 0 saturated carbocycles. The van der Waals surface area contributed by atoms with E-state index in [0.717, 1.165) is 56.6 Å². The van der Waals surface area contributed by atoms with E-state index in [1.807, 2.05) is 0 Å². The fourth-order valence-corrected chi connectivity index (χ4v) is 16.2. The van der Waals surface area contributed by atoms with Gasteiger partial charge in [0, 0.05) is 66.7 Å². The van der Waals surface area contributed by atoms with Crippen LogP contribution in [0, 0.1) is 0 Å². The summed E-state index contributed by atoms with van der Waals surface area (Å²) in [4.78, 5) is 4.81. The lowest BCUT2D eigenvalue weighted by molar-refractivity contribution is 1.18. The highest BCUT2D eigenvalue weighted by Crippen LogP contribution is 2.47. The topological polar surface area (TPSA) is 16.3 Å². The van der Waals surface area contributed by atoms with Crippen molar-refractivity contribution in [2.24, 2.45) is 0 Å². The summed E-state index contributed by atoms with van der Waals surface area (Å²) < 4.78 is 4.76. The summed E-state index contributed by atoms with van der Waals surface area (Å²) in [6, 6.07) is 166. The third-order valence-corrected chi connectivity index (χ3v) is 21.6. The van der Waals surface area contributed by atoms with Crippen molar-refractivity contribution in [2.75, 3.05) is 9.80 Å². The molecule has 18 aromatic carbocycles. The highest BCUT2D eigenvalue weighted by molar-refractivity contribution is 6.10. The maximum atomic E-state index is 2.42. The van der Waals surface area contributed by atoms with E-state index in [-0.39, 0.29) is 0 Å². The zero-order valence-corrected chi connectivity index (χ0v) is 61.7. The van der Waals surface area contributed by atoms with Crippen molar-refractivity contribution in [2.45, 2.75) is 0 Å². The summed E-state index contributed by atoms with van der Waals surface area (Å²) in [6.45, 7) is 0. The number of fused-ring (bicyclic) bond motifs is 6. The SMILES string of the molecule is c1ccc(-c2ccc(-c3cccc(N(c4ccc(-c5cccc(-n6c7ccccc7c7ccccc76)c5)cc4)c4ccccc4-c4ccccc4)c3)cc2)cc1.c1ccc(-c2ccc(-c3ccccc3N(c3ccc(-c4cccc(-n5c6ccccc6c6ccccc65)c4)cc3)c3ccccc3-c3ccccc3)cc2)cc1. The molecule has 0 fully saturated rings. The Bertz CT molecular complexity index is 6600. The molecular formula is C108H76N4. The van der Waals surface area contributed by atoms with E-state index in [4.69, 9.17) is 0 Å². The van der Waals surface area contributed by atoms with Gasteiger partial charge in [0.15, 0.2) is 0 Å². The Labute approximate surface area is 653 Å². The van der Waals surface area contributed by atoms with E-state index in [1.54, 1.807) is 0 Å². The van der Waals surface area contributed by atoms with E-state index in [2.05, 4.69) is 480 Å². The quantitative estimate of drug-likeness (QED) is 0.0959. The van der Waals surface area contributed by atoms with Gasteiger partial charge in [0.05, 0.1) is 39.1 Å². The third-order valence-electron chi connectivity index (χ3n) is 21.6. The van der Waals surface area contributed by atoms with Gasteiger partial charge >= 0.3 is 0 Å². The smallest absolute Gasteiger partial charge is 0.0541 e. The first kappa shape index (κ1) is 67.7. The molecule has 0 radical (unpaired) electrons. The van der Waals surface area contributed by atoms with Crippen LogP contribution in [0.4, 0.5) is 34.1 Å². The molecule has 4 nitrogen and oxygen atoms in total. The van der Waals surface area contributed by atoms with Gasteiger partial charge in [-0.1, -0.05) is 358 Å². The normalized spacial score (nSPS) is 11.2. The van der Waals surface area contributed by atoms with Crippen LogP contribution in [-0.2, 0) is 0 Å². The van der Waals surface area contributed by atoms with E-state index in [0.29, 0.717) is 0 Å². The maximum absolute atomic E-state index is 2.42. The van der Waals surface area contributed by atoms with Gasteiger partial charge in [-0.3, -0.25) is 0 Å². The number of hydrogen-bond donors (Lipinski definition) is 0. The first-order chi connectivity index (χ1) is 55.6. The minimum Gasteiger partial charge on any atom is -0.310 e. The van der Waals surface area contributed by atoms with Crippen molar-refractivity contribution in [3.8, 4) is 100 Å². The molecule has 0 saturated heterocycles. The Morgan fingerprint density at radius 2 is 0.384 bits per heavy atom. The first-order valence-electron chi connectivity index (χ1n) is 38.4. The van der Waals surface area contributed by atoms with Crippen molar-refractivity contribution in [3.05, 3.63) is 461 Å². The second-order valence-corrected chi connectivity index (χ2v) is 28.3. The van der Waals surface area contributed by atoms with Gasteiger partial charge < -0.3 is 18.9 Å². The number of para-hydroxylation sites is 7. The van der Waals surface area contributed by atoms with Crippen LogP contribution >= 0.6 is 0 Å². The number of aromatic nitrogens is 2. The molecule has 4 heteroatoms. The predicted octanol–water partition coefficient (Wildman–Crippen LogP) is 29.8. The molecule has 528 valence electrons. The van der Waals surface area contributed by atoms with E-state index in [9.17, 15) is 0 Å². The van der Waals surface area contributed by atoms with Crippen LogP contribution in [0.25, 0.3) is 144 Å². The number of anilines is 6. The molecule has 2 aromatic heterocycles.